The molecule has 17 heavy (non-hydrogen) atoms. The van der Waals surface area contributed by atoms with Crippen molar-refractivity contribution in [3.05, 3.63) is 0 Å². The monoisotopic (exact) mass is 244 g/mol. The number of nitrogens with one attached hydrogen (secondary N) is 2. The quantitative estimate of drug-likeness (QED) is 0.676. The molecule has 1 rings (SSSR count). The summed E-state index contributed by atoms with van der Waals surface area (Å²) in [5.41, 5.74) is -0.322. The van der Waals surface area contributed by atoms with E-state index in [-0.39, 0.29) is 17.6 Å². The Labute approximate surface area is 103 Å². The maximum absolute atomic E-state index is 11.7. The summed E-state index contributed by atoms with van der Waals surface area (Å²) in [4.78, 5) is 11.7. The molecule has 0 aromatic rings. The van der Waals surface area contributed by atoms with Crippen molar-refractivity contribution in [1.82, 2.24) is 10.6 Å². The summed E-state index contributed by atoms with van der Waals surface area (Å²) in [5.74, 6) is 0.0572. The third-order valence-electron chi connectivity index (χ3n) is 3.15. The van der Waals surface area contributed by atoms with E-state index >= 15 is 0 Å². The van der Waals surface area contributed by atoms with Crippen LogP contribution in [0.1, 0.15) is 26.7 Å². The maximum atomic E-state index is 11.7. The van der Waals surface area contributed by atoms with E-state index < -0.39 is 0 Å². The average molecular weight is 244 g/mol. The zero-order valence-corrected chi connectivity index (χ0v) is 11.0. The van der Waals surface area contributed by atoms with Gasteiger partial charge in [-0.15, -0.1) is 0 Å². The summed E-state index contributed by atoms with van der Waals surface area (Å²) >= 11 is 0. The summed E-state index contributed by atoms with van der Waals surface area (Å²) < 4.78 is 10.8. The molecule has 1 fully saturated rings. The van der Waals surface area contributed by atoms with Crippen molar-refractivity contribution >= 4 is 5.91 Å². The van der Waals surface area contributed by atoms with Gasteiger partial charge in [0.2, 0.25) is 5.91 Å². The van der Waals surface area contributed by atoms with E-state index in [4.69, 9.17) is 9.47 Å². The van der Waals surface area contributed by atoms with Gasteiger partial charge in [-0.1, -0.05) is 6.92 Å². The Bertz CT molecular complexity index is 240. The van der Waals surface area contributed by atoms with Gasteiger partial charge in [-0.25, -0.2) is 0 Å². The Hall–Kier alpha value is -0.650. The molecule has 100 valence electrons. The first kappa shape index (κ1) is 14.4. The maximum Gasteiger partial charge on any atom is 0.221 e. The van der Waals surface area contributed by atoms with E-state index in [1.165, 1.54) is 0 Å². The molecule has 0 bridgehead atoms. The van der Waals surface area contributed by atoms with Crippen molar-refractivity contribution in [1.29, 1.82) is 0 Å². The fourth-order valence-electron chi connectivity index (χ4n) is 1.99. The van der Waals surface area contributed by atoms with Gasteiger partial charge >= 0.3 is 0 Å². The van der Waals surface area contributed by atoms with E-state index in [2.05, 4.69) is 10.6 Å². The summed E-state index contributed by atoms with van der Waals surface area (Å²) in [6, 6.07) is 0.207. The number of hydrogen-bond donors (Lipinski definition) is 2. The first-order valence-corrected chi connectivity index (χ1v) is 6.25. The molecule has 1 saturated heterocycles. The highest BCUT2D eigenvalue weighted by molar-refractivity contribution is 5.76. The lowest BCUT2D eigenvalue weighted by Crippen LogP contribution is -2.46. The van der Waals surface area contributed by atoms with Crippen LogP contribution in [-0.2, 0) is 14.3 Å². The second-order valence-corrected chi connectivity index (χ2v) is 4.63. The minimum Gasteiger partial charge on any atom is -0.378 e. The van der Waals surface area contributed by atoms with Crippen molar-refractivity contribution in [3.63, 3.8) is 0 Å². The van der Waals surface area contributed by atoms with Crippen molar-refractivity contribution in [2.45, 2.75) is 38.3 Å². The number of carbonyl (C=O) groups excluding carboxylic acids is 1. The standard InChI is InChI=1S/C12H24N2O3/c1-4-13-10(2)7-11(15)14-8-12(16-3)5-6-17-9-12/h10,13H,4-9H2,1-3H3,(H,14,15). The fourth-order valence-corrected chi connectivity index (χ4v) is 1.99. The lowest BCUT2D eigenvalue weighted by atomic mass is 10.0. The van der Waals surface area contributed by atoms with Gasteiger partial charge in [0.1, 0.15) is 5.60 Å². The zero-order chi connectivity index (χ0) is 12.7. The second-order valence-electron chi connectivity index (χ2n) is 4.63. The van der Waals surface area contributed by atoms with E-state index in [1.54, 1.807) is 7.11 Å². The van der Waals surface area contributed by atoms with Crippen LogP contribution in [0.3, 0.4) is 0 Å². The molecule has 1 amide bonds. The summed E-state index contributed by atoms with van der Waals surface area (Å²) in [5, 5.41) is 6.13. The van der Waals surface area contributed by atoms with Crippen LogP contribution in [0, 0.1) is 0 Å². The van der Waals surface area contributed by atoms with Gasteiger partial charge in [0, 0.05) is 39.1 Å². The highest BCUT2D eigenvalue weighted by Crippen LogP contribution is 2.21. The highest BCUT2D eigenvalue weighted by Gasteiger charge is 2.35. The van der Waals surface area contributed by atoms with Crippen molar-refractivity contribution in [3.8, 4) is 0 Å². The van der Waals surface area contributed by atoms with Crippen molar-refractivity contribution < 1.29 is 14.3 Å². The van der Waals surface area contributed by atoms with Crippen molar-refractivity contribution in [2.24, 2.45) is 0 Å². The highest BCUT2D eigenvalue weighted by atomic mass is 16.5. The van der Waals surface area contributed by atoms with Crippen LogP contribution in [0.15, 0.2) is 0 Å². The number of hydrogen-bond acceptors (Lipinski definition) is 4. The average Bonchev–Trinajstić information content (AvgIpc) is 2.76. The summed E-state index contributed by atoms with van der Waals surface area (Å²) in [7, 11) is 1.67. The number of amides is 1. The molecule has 2 unspecified atom stereocenters. The van der Waals surface area contributed by atoms with Gasteiger partial charge in [0.05, 0.1) is 6.61 Å². The predicted molar refractivity (Wildman–Crippen MR) is 65.9 cm³/mol. The molecule has 0 radical (unpaired) electrons. The molecule has 0 spiro atoms. The minimum atomic E-state index is -0.322. The molecule has 1 aliphatic heterocycles. The minimum absolute atomic E-state index is 0.0572. The Balaban J connectivity index is 2.27. The SMILES string of the molecule is CCNC(C)CC(=O)NCC1(OC)CCOC1. The molecule has 1 aliphatic rings. The van der Waals surface area contributed by atoms with Gasteiger partial charge in [0.15, 0.2) is 0 Å². The van der Waals surface area contributed by atoms with Crippen LogP contribution in [0.4, 0.5) is 0 Å². The smallest absolute Gasteiger partial charge is 0.221 e. The van der Waals surface area contributed by atoms with Crippen LogP contribution in [0.2, 0.25) is 0 Å². The summed E-state index contributed by atoms with van der Waals surface area (Å²) in [6.07, 6.45) is 1.33. The third kappa shape index (κ3) is 4.61. The van der Waals surface area contributed by atoms with Crippen LogP contribution in [-0.4, -0.2) is 51.0 Å². The van der Waals surface area contributed by atoms with E-state index in [0.29, 0.717) is 26.2 Å². The van der Waals surface area contributed by atoms with Crippen LogP contribution < -0.4 is 10.6 Å². The molecule has 0 aliphatic carbocycles. The van der Waals surface area contributed by atoms with Crippen LogP contribution in [0.25, 0.3) is 0 Å². The third-order valence-corrected chi connectivity index (χ3v) is 3.15. The molecule has 5 heteroatoms. The van der Waals surface area contributed by atoms with Gasteiger partial charge in [0.25, 0.3) is 0 Å². The molecule has 2 N–H and O–H groups in total. The first-order chi connectivity index (χ1) is 8.12. The molecule has 1 heterocycles. The molecular weight excluding hydrogens is 220 g/mol. The Morgan fingerprint density at radius 3 is 2.88 bits per heavy atom. The Kier molecular flexibility index (Phi) is 5.88. The first-order valence-electron chi connectivity index (χ1n) is 6.25. The van der Waals surface area contributed by atoms with E-state index in [0.717, 1.165) is 13.0 Å². The fraction of sp³-hybridized carbons (Fsp3) is 0.917. The van der Waals surface area contributed by atoms with Gasteiger partial charge in [-0.2, -0.15) is 0 Å². The van der Waals surface area contributed by atoms with Crippen molar-refractivity contribution in [2.75, 3.05) is 33.4 Å². The van der Waals surface area contributed by atoms with E-state index in [1.807, 2.05) is 13.8 Å². The largest absolute Gasteiger partial charge is 0.378 e. The Morgan fingerprint density at radius 1 is 1.59 bits per heavy atom. The number of ether oxygens (including phenoxy) is 2. The van der Waals surface area contributed by atoms with Gasteiger partial charge in [-0.3, -0.25) is 4.79 Å². The predicted octanol–water partition coefficient (Wildman–Crippen LogP) is 0.296. The summed E-state index contributed by atoms with van der Waals surface area (Å²) in [6.45, 7) is 6.72. The van der Waals surface area contributed by atoms with Gasteiger partial charge < -0.3 is 20.1 Å². The van der Waals surface area contributed by atoms with E-state index in [9.17, 15) is 4.79 Å². The number of methoxy groups -OCH3 is 1. The normalized spacial score (nSPS) is 25.8. The van der Waals surface area contributed by atoms with Crippen LogP contribution in [0.5, 0.6) is 0 Å². The molecule has 0 saturated carbocycles. The Morgan fingerprint density at radius 2 is 2.35 bits per heavy atom. The second kappa shape index (κ2) is 6.93. The van der Waals surface area contributed by atoms with Gasteiger partial charge in [-0.05, 0) is 13.5 Å². The van der Waals surface area contributed by atoms with Crippen LogP contribution >= 0.6 is 0 Å². The topological polar surface area (TPSA) is 59.6 Å². The number of rotatable bonds is 7. The molecule has 0 aromatic carbocycles. The lowest BCUT2D eigenvalue weighted by molar-refractivity contribution is -0.123. The molecular formula is C12H24N2O3. The molecule has 0 aromatic heterocycles. The zero-order valence-electron chi connectivity index (χ0n) is 11.0. The lowest BCUT2D eigenvalue weighted by Gasteiger charge is -2.26. The molecule has 5 nitrogen and oxygen atoms in total. The molecule has 2 atom stereocenters. The number of carbonyl (C=O) groups is 1.